The van der Waals surface area contributed by atoms with Crippen LogP contribution in [0, 0.1) is 0 Å². The number of nitrogens with zero attached hydrogens (tertiary/aromatic N) is 2. The maximum absolute atomic E-state index is 6.02. The summed E-state index contributed by atoms with van der Waals surface area (Å²) >= 11 is 1.97. The van der Waals surface area contributed by atoms with E-state index in [0.29, 0.717) is 12.6 Å². The molecule has 2 atom stereocenters. The van der Waals surface area contributed by atoms with Crippen molar-refractivity contribution < 1.29 is 9.47 Å². The Morgan fingerprint density at radius 1 is 1.31 bits per heavy atom. The zero-order valence-electron chi connectivity index (χ0n) is 15.9. The minimum absolute atomic E-state index is 0.671. The summed E-state index contributed by atoms with van der Waals surface area (Å²) in [5, 5.41) is 0. The van der Waals surface area contributed by atoms with Crippen LogP contribution in [-0.2, 0) is 0 Å². The van der Waals surface area contributed by atoms with E-state index in [0.717, 1.165) is 29.6 Å². The third-order valence-electron chi connectivity index (χ3n) is 5.96. The maximum Gasteiger partial charge on any atom is 0.127 e. The molecule has 0 aromatic heterocycles. The second kappa shape index (κ2) is 8.24. The predicted molar refractivity (Wildman–Crippen MR) is 109 cm³/mol. The third kappa shape index (κ3) is 3.90. The second-order valence-corrected chi connectivity index (χ2v) is 8.64. The van der Waals surface area contributed by atoms with Gasteiger partial charge in [0.25, 0.3) is 0 Å². The van der Waals surface area contributed by atoms with Gasteiger partial charge < -0.3 is 9.47 Å². The molecule has 0 aliphatic carbocycles. The standard InChI is InChI=1S/C21H30N2O2S/c1-24-20-5-6-21-17(11-20)10-16(15-25-21)12-23-14-18-4-3-8-22(18)13-19(23)7-9-26-2/h5-6,10-11,18-19H,3-4,7-9,12-15H2,1-2H3/t18-,19+/m0/s1. The number of fused-ring (bicyclic) bond motifs is 2. The van der Waals surface area contributed by atoms with E-state index in [4.69, 9.17) is 9.47 Å². The Morgan fingerprint density at radius 3 is 3.08 bits per heavy atom. The summed E-state index contributed by atoms with van der Waals surface area (Å²) in [6.07, 6.45) is 8.54. The van der Waals surface area contributed by atoms with Crippen LogP contribution in [-0.4, -0.2) is 73.8 Å². The van der Waals surface area contributed by atoms with Crippen LogP contribution in [0.15, 0.2) is 23.8 Å². The summed E-state index contributed by atoms with van der Waals surface area (Å²) in [7, 11) is 1.72. The van der Waals surface area contributed by atoms with Crippen molar-refractivity contribution in [3.8, 4) is 11.5 Å². The van der Waals surface area contributed by atoms with E-state index in [9.17, 15) is 0 Å². The fourth-order valence-corrected chi connectivity index (χ4v) is 5.06. The highest BCUT2D eigenvalue weighted by Crippen LogP contribution is 2.32. The normalized spacial score (nSPS) is 26.0. The first-order valence-corrected chi connectivity index (χ1v) is 11.1. The highest BCUT2D eigenvalue weighted by molar-refractivity contribution is 7.98. The van der Waals surface area contributed by atoms with Gasteiger partial charge >= 0.3 is 0 Å². The molecule has 0 radical (unpaired) electrons. The Kier molecular flexibility index (Phi) is 5.77. The molecule has 0 saturated carbocycles. The van der Waals surface area contributed by atoms with Crippen LogP contribution in [0.4, 0.5) is 0 Å². The van der Waals surface area contributed by atoms with E-state index in [2.05, 4.69) is 28.2 Å². The lowest BCUT2D eigenvalue weighted by molar-refractivity contribution is 0.0552. The fourth-order valence-electron chi connectivity index (χ4n) is 4.55. The fraction of sp³-hybridized carbons (Fsp3) is 0.619. The summed E-state index contributed by atoms with van der Waals surface area (Å²) in [6, 6.07) is 7.49. The Bertz CT molecular complexity index is 663. The molecule has 0 unspecified atom stereocenters. The van der Waals surface area contributed by atoms with Crippen LogP contribution in [0.25, 0.3) is 6.08 Å². The lowest BCUT2D eigenvalue weighted by atomic mass is 10.0. The van der Waals surface area contributed by atoms with Gasteiger partial charge in [-0.15, -0.1) is 0 Å². The molecule has 0 N–H and O–H groups in total. The molecule has 26 heavy (non-hydrogen) atoms. The molecule has 3 aliphatic rings. The van der Waals surface area contributed by atoms with Crippen LogP contribution < -0.4 is 9.47 Å². The van der Waals surface area contributed by atoms with Crippen LogP contribution in [0.2, 0.25) is 0 Å². The Labute approximate surface area is 161 Å². The number of ether oxygens (including phenoxy) is 2. The summed E-state index contributed by atoms with van der Waals surface area (Å²) in [4.78, 5) is 5.45. The number of methoxy groups -OCH3 is 1. The number of piperazine rings is 1. The number of rotatable bonds is 6. The first-order chi connectivity index (χ1) is 12.8. The summed E-state index contributed by atoms with van der Waals surface area (Å²) in [5.74, 6) is 3.10. The molecule has 0 amide bonds. The van der Waals surface area contributed by atoms with Gasteiger partial charge in [-0.05, 0) is 67.7 Å². The van der Waals surface area contributed by atoms with Gasteiger partial charge in [0.1, 0.15) is 18.1 Å². The molecule has 1 aromatic carbocycles. The van der Waals surface area contributed by atoms with Gasteiger partial charge in [-0.1, -0.05) is 0 Å². The molecular weight excluding hydrogens is 344 g/mol. The van der Waals surface area contributed by atoms with Crippen molar-refractivity contribution in [1.82, 2.24) is 9.80 Å². The van der Waals surface area contributed by atoms with Crippen molar-refractivity contribution in [1.29, 1.82) is 0 Å². The Hall–Kier alpha value is -1.17. The number of hydrogen-bond donors (Lipinski definition) is 0. The third-order valence-corrected chi connectivity index (χ3v) is 6.60. The van der Waals surface area contributed by atoms with E-state index >= 15 is 0 Å². The van der Waals surface area contributed by atoms with Crippen LogP contribution in [0.1, 0.15) is 24.8 Å². The van der Waals surface area contributed by atoms with Crippen LogP contribution in [0.3, 0.4) is 0 Å². The van der Waals surface area contributed by atoms with Crippen molar-refractivity contribution >= 4 is 17.8 Å². The lowest BCUT2D eigenvalue weighted by Gasteiger charge is -2.44. The van der Waals surface area contributed by atoms with Gasteiger partial charge in [0, 0.05) is 37.3 Å². The second-order valence-electron chi connectivity index (χ2n) is 7.65. The monoisotopic (exact) mass is 374 g/mol. The van der Waals surface area contributed by atoms with E-state index in [1.165, 1.54) is 50.2 Å². The minimum atomic E-state index is 0.671. The lowest BCUT2D eigenvalue weighted by Crippen LogP contribution is -2.56. The number of thioether (sulfide) groups is 1. The Balaban J connectivity index is 1.49. The average Bonchev–Trinajstić information content (AvgIpc) is 3.12. The van der Waals surface area contributed by atoms with E-state index in [-0.39, 0.29) is 0 Å². The van der Waals surface area contributed by atoms with Crippen molar-refractivity contribution in [2.75, 3.05) is 51.9 Å². The summed E-state index contributed by atoms with van der Waals surface area (Å²) in [5.41, 5.74) is 2.53. The smallest absolute Gasteiger partial charge is 0.127 e. The van der Waals surface area contributed by atoms with Crippen molar-refractivity contribution in [2.24, 2.45) is 0 Å². The molecular formula is C21H30N2O2S. The highest BCUT2D eigenvalue weighted by atomic mass is 32.2. The molecule has 142 valence electrons. The van der Waals surface area contributed by atoms with E-state index in [1.807, 2.05) is 23.9 Å². The Morgan fingerprint density at radius 2 is 2.23 bits per heavy atom. The van der Waals surface area contributed by atoms with Crippen molar-refractivity contribution in [2.45, 2.75) is 31.3 Å². The molecule has 1 aromatic rings. The first-order valence-electron chi connectivity index (χ1n) is 9.74. The average molecular weight is 375 g/mol. The zero-order valence-corrected chi connectivity index (χ0v) is 16.8. The topological polar surface area (TPSA) is 24.9 Å². The first kappa shape index (κ1) is 18.2. The number of hydrogen-bond acceptors (Lipinski definition) is 5. The molecule has 5 heteroatoms. The van der Waals surface area contributed by atoms with Gasteiger partial charge in [-0.3, -0.25) is 9.80 Å². The molecule has 2 fully saturated rings. The van der Waals surface area contributed by atoms with Gasteiger partial charge in [0.15, 0.2) is 0 Å². The quantitative estimate of drug-likeness (QED) is 0.760. The minimum Gasteiger partial charge on any atom is -0.497 e. The van der Waals surface area contributed by atoms with Crippen LogP contribution in [0.5, 0.6) is 11.5 Å². The molecule has 0 spiro atoms. The van der Waals surface area contributed by atoms with Gasteiger partial charge in [0.05, 0.1) is 7.11 Å². The van der Waals surface area contributed by atoms with Crippen molar-refractivity contribution in [3.05, 3.63) is 29.3 Å². The van der Waals surface area contributed by atoms with Gasteiger partial charge in [0.2, 0.25) is 0 Å². The van der Waals surface area contributed by atoms with Crippen molar-refractivity contribution in [3.63, 3.8) is 0 Å². The van der Waals surface area contributed by atoms with Gasteiger partial charge in [-0.2, -0.15) is 11.8 Å². The molecule has 3 heterocycles. The largest absolute Gasteiger partial charge is 0.497 e. The molecule has 2 saturated heterocycles. The molecule has 3 aliphatic heterocycles. The zero-order chi connectivity index (χ0) is 17.9. The van der Waals surface area contributed by atoms with Gasteiger partial charge in [-0.25, -0.2) is 0 Å². The molecule has 4 nitrogen and oxygen atoms in total. The number of benzene rings is 1. The van der Waals surface area contributed by atoms with Crippen LogP contribution >= 0.6 is 11.8 Å². The van der Waals surface area contributed by atoms with E-state index < -0.39 is 0 Å². The van der Waals surface area contributed by atoms with E-state index in [1.54, 1.807) is 7.11 Å². The predicted octanol–water partition coefficient (Wildman–Crippen LogP) is 3.37. The summed E-state index contributed by atoms with van der Waals surface area (Å²) in [6.45, 7) is 5.48. The summed E-state index contributed by atoms with van der Waals surface area (Å²) < 4.78 is 11.4. The molecule has 0 bridgehead atoms. The highest BCUT2D eigenvalue weighted by Gasteiger charge is 2.36. The SMILES string of the molecule is COc1ccc2c(c1)C=C(CN1C[C@@H]3CCCN3C[C@H]1CCSC)CO2. The molecule has 4 rings (SSSR count). The maximum atomic E-state index is 6.02.